The van der Waals surface area contributed by atoms with Crippen LogP contribution in [0.2, 0.25) is 0 Å². The maximum absolute atomic E-state index is 5.37. The topological polar surface area (TPSA) is 49.2 Å². The molecule has 134 valence electrons. The fourth-order valence-corrected chi connectivity index (χ4v) is 4.31. The van der Waals surface area contributed by atoms with E-state index in [-0.39, 0.29) is 0 Å². The van der Waals surface area contributed by atoms with Crippen LogP contribution in [0.15, 0.2) is 41.5 Å². The minimum absolute atomic E-state index is 0.493. The number of piperidine rings is 1. The highest BCUT2D eigenvalue weighted by molar-refractivity contribution is 7.71. The quantitative estimate of drug-likeness (QED) is 0.517. The van der Waals surface area contributed by atoms with Crippen LogP contribution in [0.4, 0.5) is 5.00 Å². The molecule has 1 aliphatic rings. The minimum Gasteiger partial charge on any atom is -0.363 e. The monoisotopic (exact) mass is 383 g/mol. The maximum atomic E-state index is 5.37. The van der Waals surface area contributed by atoms with Crippen LogP contribution in [0.3, 0.4) is 0 Å². The molecular formula is C19H21N5S2. The van der Waals surface area contributed by atoms with E-state index in [1.165, 1.54) is 24.3 Å². The highest BCUT2D eigenvalue weighted by atomic mass is 32.1. The second-order valence-electron chi connectivity index (χ2n) is 6.45. The van der Waals surface area contributed by atoms with Gasteiger partial charge in [-0.1, -0.05) is 24.3 Å². The molecule has 0 amide bonds. The zero-order valence-electron chi connectivity index (χ0n) is 14.7. The predicted molar refractivity (Wildman–Crippen MR) is 111 cm³/mol. The first-order chi connectivity index (χ1) is 12.7. The predicted octanol–water partition coefficient (Wildman–Crippen LogP) is 4.85. The summed E-state index contributed by atoms with van der Waals surface area (Å²) in [6.45, 7) is 4.37. The molecule has 0 atom stereocenters. The highest BCUT2D eigenvalue weighted by Crippen LogP contribution is 2.28. The summed E-state index contributed by atoms with van der Waals surface area (Å²) in [5.41, 5.74) is 2.17. The van der Waals surface area contributed by atoms with Crippen molar-refractivity contribution in [2.75, 3.05) is 18.0 Å². The van der Waals surface area contributed by atoms with Crippen molar-refractivity contribution in [1.82, 2.24) is 14.9 Å². The van der Waals surface area contributed by atoms with Crippen LogP contribution in [-0.4, -0.2) is 34.2 Å². The zero-order chi connectivity index (χ0) is 17.9. The summed E-state index contributed by atoms with van der Waals surface area (Å²) in [7, 11) is 0. The number of rotatable bonds is 4. The Bertz CT molecular complexity index is 976. The van der Waals surface area contributed by atoms with Crippen LogP contribution in [0.1, 0.15) is 29.7 Å². The number of hydrogen-bond acceptors (Lipinski definition) is 5. The first-order valence-electron chi connectivity index (χ1n) is 8.85. The molecule has 1 aromatic carbocycles. The highest BCUT2D eigenvalue weighted by Gasteiger charge is 2.13. The summed E-state index contributed by atoms with van der Waals surface area (Å²) in [6, 6.07) is 12.4. The Morgan fingerprint density at radius 2 is 1.96 bits per heavy atom. The number of aromatic nitrogens is 3. The molecule has 4 rings (SSSR count). The molecule has 1 N–H and O–H groups in total. The van der Waals surface area contributed by atoms with Gasteiger partial charge < -0.3 is 4.90 Å². The smallest absolute Gasteiger partial charge is 0.216 e. The van der Waals surface area contributed by atoms with Gasteiger partial charge in [0, 0.05) is 23.5 Å². The molecule has 0 radical (unpaired) electrons. The van der Waals surface area contributed by atoms with E-state index >= 15 is 0 Å². The van der Waals surface area contributed by atoms with Gasteiger partial charge in [0.05, 0.1) is 11.2 Å². The van der Waals surface area contributed by atoms with Crippen molar-refractivity contribution < 1.29 is 0 Å². The van der Waals surface area contributed by atoms with Gasteiger partial charge in [-0.2, -0.15) is 14.9 Å². The Morgan fingerprint density at radius 1 is 1.15 bits per heavy atom. The van der Waals surface area contributed by atoms with Gasteiger partial charge in [0.15, 0.2) is 5.82 Å². The Labute approximate surface area is 162 Å². The number of hydrogen-bond donors (Lipinski definition) is 1. The fraction of sp³-hybridized carbons (Fsp3) is 0.316. The minimum atomic E-state index is 0.493. The van der Waals surface area contributed by atoms with E-state index in [1.807, 2.05) is 24.4 Å². The van der Waals surface area contributed by atoms with Crippen molar-refractivity contribution in [1.29, 1.82) is 0 Å². The van der Waals surface area contributed by atoms with Gasteiger partial charge in [-0.25, -0.2) is 5.10 Å². The number of anilines is 1. The maximum Gasteiger partial charge on any atom is 0.216 e. The zero-order valence-corrected chi connectivity index (χ0v) is 16.3. The van der Waals surface area contributed by atoms with E-state index in [4.69, 9.17) is 12.2 Å². The van der Waals surface area contributed by atoms with Crippen LogP contribution in [0, 0.1) is 11.7 Å². The number of nitrogens with zero attached hydrogens (tertiary/aromatic N) is 4. The molecule has 0 bridgehead atoms. The lowest BCUT2D eigenvalue weighted by atomic mass is 10.1. The Kier molecular flexibility index (Phi) is 4.99. The number of benzene rings is 1. The number of nitrogens with one attached hydrogen (secondary N) is 1. The van der Waals surface area contributed by atoms with E-state index in [0.29, 0.717) is 4.77 Å². The van der Waals surface area contributed by atoms with Gasteiger partial charge in [-0.05, 0) is 56.1 Å². The van der Waals surface area contributed by atoms with E-state index in [1.54, 1.807) is 16.0 Å². The van der Waals surface area contributed by atoms with Crippen molar-refractivity contribution >= 4 is 34.8 Å². The normalized spacial score (nSPS) is 15.0. The number of thiophene rings is 1. The molecule has 2 aromatic heterocycles. The van der Waals surface area contributed by atoms with Crippen molar-refractivity contribution in [3.8, 4) is 11.4 Å². The molecule has 5 nitrogen and oxygen atoms in total. The standard InChI is InChI=1S/C19H21N5S2/c1-14-7-3-4-8-16(14)18-21-22-19(25)24(18)20-13-15-9-10-17(26-15)23-11-5-2-6-12-23/h3-4,7-10,13H,2,5-6,11-12H2,1H3,(H,22,25)/b20-13+. The lowest BCUT2D eigenvalue weighted by molar-refractivity contribution is 0.580. The molecule has 7 heteroatoms. The lowest BCUT2D eigenvalue weighted by Gasteiger charge is -2.27. The summed E-state index contributed by atoms with van der Waals surface area (Å²) in [5.74, 6) is 0.733. The number of aryl methyl sites for hydroxylation is 1. The van der Waals surface area contributed by atoms with Crippen molar-refractivity contribution in [3.05, 3.63) is 51.6 Å². The van der Waals surface area contributed by atoms with Crippen LogP contribution in [-0.2, 0) is 0 Å². The largest absolute Gasteiger partial charge is 0.363 e. The molecule has 26 heavy (non-hydrogen) atoms. The molecular weight excluding hydrogens is 362 g/mol. The summed E-state index contributed by atoms with van der Waals surface area (Å²) in [6.07, 6.45) is 5.78. The van der Waals surface area contributed by atoms with Crippen LogP contribution in [0.25, 0.3) is 11.4 Å². The lowest BCUT2D eigenvalue weighted by Crippen LogP contribution is -2.28. The third kappa shape index (κ3) is 3.50. The van der Waals surface area contributed by atoms with Gasteiger partial charge in [0.2, 0.25) is 4.77 Å². The van der Waals surface area contributed by atoms with E-state index in [2.05, 4.69) is 45.3 Å². The fourth-order valence-electron chi connectivity index (χ4n) is 3.21. The SMILES string of the molecule is Cc1ccccc1-c1n[nH]c(=S)n1/N=C/c1ccc(N2CCCCC2)s1. The second-order valence-corrected chi connectivity index (χ2v) is 7.93. The average molecular weight is 384 g/mol. The molecule has 0 spiro atoms. The van der Waals surface area contributed by atoms with Gasteiger partial charge in [-0.15, -0.1) is 11.3 Å². The number of H-pyrrole nitrogens is 1. The summed E-state index contributed by atoms with van der Waals surface area (Å²) in [5, 5.41) is 13.1. The molecule has 3 aromatic rings. The Hall–Kier alpha value is -2.25. The van der Waals surface area contributed by atoms with Crippen molar-refractivity contribution in [2.45, 2.75) is 26.2 Å². The molecule has 1 aliphatic heterocycles. The Balaban J connectivity index is 1.60. The van der Waals surface area contributed by atoms with Crippen molar-refractivity contribution in [2.24, 2.45) is 5.10 Å². The van der Waals surface area contributed by atoms with Crippen LogP contribution in [0.5, 0.6) is 0 Å². The van der Waals surface area contributed by atoms with Crippen LogP contribution >= 0.6 is 23.6 Å². The van der Waals surface area contributed by atoms with Crippen molar-refractivity contribution in [3.63, 3.8) is 0 Å². The second kappa shape index (κ2) is 7.55. The first-order valence-corrected chi connectivity index (χ1v) is 10.1. The third-order valence-corrected chi connectivity index (χ3v) is 5.96. The molecule has 3 heterocycles. The molecule has 0 unspecified atom stereocenters. The first kappa shape index (κ1) is 17.2. The molecule has 0 saturated carbocycles. The van der Waals surface area contributed by atoms with E-state index in [9.17, 15) is 0 Å². The van der Waals surface area contributed by atoms with Gasteiger partial charge >= 0.3 is 0 Å². The van der Waals surface area contributed by atoms with Gasteiger partial charge in [0.1, 0.15) is 0 Å². The summed E-state index contributed by atoms with van der Waals surface area (Å²) in [4.78, 5) is 3.58. The van der Waals surface area contributed by atoms with Crippen LogP contribution < -0.4 is 4.90 Å². The molecule has 1 saturated heterocycles. The summed E-state index contributed by atoms with van der Waals surface area (Å²) >= 11 is 7.14. The van der Waals surface area contributed by atoms with Gasteiger partial charge in [0.25, 0.3) is 0 Å². The Morgan fingerprint density at radius 3 is 2.77 bits per heavy atom. The third-order valence-electron chi connectivity index (χ3n) is 4.62. The number of aromatic amines is 1. The van der Waals surface area contributed by atoms with Gasteiger partial charge in [-0.3, -0.25) is 0 Å². The molecule has 1 fully saturated rings. The van der Waals surface area contributed by atoms with E-state index in [0.717, 1.165) is 34.9 Å². The summed E-state index contributed by atoms with van der Waals surface area (Å²) < 4.78 is 2.19. The van der Waals surface area contributed by atoms with E-state index < -0.39 is 0 Å². The average Bonchev–Trinajstić information content (AvgIpc) is 3.28. The molecule has 0 aliphatic carbocycles.